The highest BCUT2D eigenvalue weighted by molar-refractivity contribution is 5.92. The average Bonchev–Trinajstić information content (AvgIpc) is 3.00. The second kappa shape index (κ2) is 4.09. The van der Waals surface area contributed by atoms with E-state index in [4.69, 9.17) is 0 Å². The normalized spacial score (nSPS) is 15.7. The first-order chi connectivity index (χ1) is 6.84. The third-order valence-electron chi connectivity index (χ3n) is 2.15. The molecule has 2 nitrogen and oxygen atoms in total. The molecule has 2 rings (SSSR count). The van der Waals surface area contributed by atoms with E-state index in [2.05, 4.69) is 5.32 Å². The summed E-state index contributed by atoms with van der Waals surface area (Å²) in [5.74, 6) is 0.0105. The Morgan fingerprint density at radius 1 is 1.29 bits per heavy atom. The number of carbonyl (C=O) groups is 1. The van der Waals surface area contributed by atoms with Crippen molar-refractivity contribution in [2.45, 2.75) is 18.9 Å². The second-order valence-electron chi connectivity index (χ2n) is 3.53. The maximum absolute atomic E-state index is 11.3. The Kier molecular flexibility index (Phi) is 2.63. The van der Waals surface area contributed by atoms with E-state index >= 15 is 0 Å². The van der Waals surface area contributed by atoms with Crippen LogP contribution in [0, 0.1) is 0 Å². The summed E-state index contributed by atoms with van der Waals surface area (Å²) in [6.45, 7) is 0. The Hall–Kier alpha value is -1.57. The summed E-state index contributed by atoms with van der Waals surface area (Å²) in [7, 11) is 0. The Bertz CT molecular complexity index is 339. The number of carbonyl (C=O) groups excluding carboxylic acids is 1. The number of benzene rings is 1. The molecule has 1 N–H and O–H groups in total. The maximum Gasteiger partial charge on any atom is 0.244 e. The predicted molar refractivity (Wildman–Crippen MR) is 56.6 cm³/mol. The predicted octanol–water partition coefficient (Wildman–Crippen LogP) is 1.98. The fourth-order valence-electron chi connectivity index (χ4n) is 1.21. The molecule has 0 atom stereocenters. The summed E-state index contributed by atoms with van der Waals surface area (Å²) >= 11 is 0. The monoisotopic (exact) mass is 187 g/mol. The third kappa shape index (κ3) is 2.73. The lowest BCUT2D eigenvalue weighted by molar-refractivity contribution is -0.116. The summed E-state index contributed by atoms with van der Waals surface area (Å²) in [4.78, 5) is 11.3. The molecule has 0 spiro atoms. The molecule has 1 aliphatic rings. The van der Waals surface area contributed by atoms with E-state index in [9.17, 15) is 4.79 Å². The lowest BCUT2D eigenvalue weighted by Crippen LogP contribution is -2.22. The summed E-state index contributed by atoms with van der Waals surface area (Å²) in [5.41, 5.74) is 1.05. The fourth-order valence-corrected chi connectivity index (χ4v) is 1.21. The molecule has 1 aromatic carbocycles. The fraction of sp³-hybridized carbons (Fsp3) is 0.250. The molecule has 2 heteroatoms. The zero-order chi connectivity index (χ0) is 9.80. The van der Waals surface area contributed by atoms with Crippen LogP contribution in [0.25, 0.3) is 6.08 Å². The van der Waals surface area contributed by atoms with Crippen LogP contribution in [0.2, 0.25) is 0 Å². The van der Waals surface area contributed by atoms with Crippen LogP contribution in [-0.4, -0.2) is 11.9 Å². The van der Waals surface area contributed by atoms with Gasteiger partial charge in [-0.25, -0.2) is 0 Å². The highest BCUT2D eigenvalue weighted by Crippen LogP contribution is 2.18. The molecule has 1 aliphatic carbocycles. The van der Waals surface area contributed by atoms with Crippen molar-refractivity contribution in [2.24, 2.45) is 0 Å². The smallest absolute Gasteiger partial charge is 0.244 e. The Labute approximate surface area is 83.6 Å². The van der Waals surface area contributed by atoms with Crippen LogP contribution in [0.4, 0.5) is 0 Å². The van der Waals surface area contributed by atoms with E-state index in [0.29, 0.717) is 6.04 Å². The summed E-state index contributed by atoms with van der Waals surface area (Å²) in [6, 6.07) is 10.3. The van der Waals surface area contributed by atoms with Crippen molar-refractivity contribution in [1.82, 2.24) is 5.32 Å². The van der Waals surface area contributed by atoms with E-state index in [1.165, 1.54) is 0 Å². The van der Waals surface area contributed by atoms with Crippen LogP contribution < -0.4 is 5.32 Å². The lowest BCUT2D eigenvalue weighted by Gasteiger charge is -1.96. The third-order valence-corrected chi connectivity index (χ3v) is 2.15. The molecule has 1 saturated carbocycles. The standard InChI is InChI=1S/C12H13NO/c14-12(13-11-7-8-11)9-6-10-4-2-1-3-5-10/h1-6,9,11H,7-8H2,(H,13,14)/b9-6-. The van der Waals surface area contributed by atoms with Crippen LogP contribution in [0.3, 0.4) is 0 Å². The van der Waals surface area contributed by atoms with Gasteiger partial charge in [-0.05, 0) is 24.5 Å². The van der Waals surface area contributed by atoms with Crippen molar-refractivity contribution in [2.75, 3.05) is 0 Å². The molecule has 0 aliphatic heterocycles. The summed E-state index contributed by atoms with van der Waals surface area (Å²) < 4.78 is 0. The quantitative estimate of drug-likeness (QED) is 0.720. The number of rotatable bonds is 3. The van der Waals surface area contributed by atoms with E-state index in [1.807, 2.05) is 36.4 Å². The first kappa shape index (κ1) is 9.00. The number of hydrogen-bond acceptors (Lipinski definition) is 1. The molecule has 0 unspecified atom stereocenters. The van der Waals surface area contributed by atoms with Gasteiger partial charge in [-0.3, -0.25) is 4.79 Å². The molecule has 1 amide bonds. The molecule has 0 radical (unpaired) electrons. The molecule has 0 heterocycles. The van der Waals surface area contributed by atoms with Gasteiger partial charge in [0.15, 0.2) is 0 Å². The number of hydrogen-bond donors (Lipinski definition) is 1. The highest BCUT2D eigenvalue weighted by atomic mass is 16.1. The number of nitrogens with one attached hydrogen (secondary N) is 1. The van der Waals surface area contributed by atoms with Crippen molar-refractivity contribution in [1.29, 1.82) is 0 Å². The van der Waals surface area contributed by atoms with Crippen molar-refractivity contribution in [3.63, 3.8) is 0 Å². The van der Waals surface area contributed by atoms with Crippen molar-refractivity contribution < 1.29 is 4.79 Å². The minimum Gasteiger partial charge on any atom is -0.350 e. The lowest BCUT2D eigenvalue weighted by atomic mass is 10.2. The van der Waals surface area contributed by atoms with E-state index in [0.717, 1.165) is 18.4 Å². The van der Waals surface area contributed by atoms with Gasteiger partial charge in [0.1, 0.15) is 0 Å². The van der Waals surface area contributed by atoms with Crippen molar-refractivity contribution in [3.05, 3.63) is 42.0 Å². The van der Waals surface area contributed by atoms with Gasteiger partial charge >= 0.3 is 0 Å². The summed E-state index contributed by atoms with van der Waals surface area (Å²) in [6.07, 6.45) is 5.68. The van der Waals surface area contributed by atoms with Crippen LogP contribution in [0.5, 0.6) is 0 Å². The average molecular weight is 187 g/mol. The zero-order valence-electron chi connectivity index (χ0n) is 7.94. The van der Waals surface area contributed by atoms with Gasteiger partial charge in [-0.2, -0.15) is 0 Å². The van der Waals surface area contributed by atoms with Crippen LogP contribution in [-0.2, 0) is 4.79 Å². The van der Waals surface area contributed by atoms with Crippen LogP contribution in [0.1, 0.15) is 18.4 Å². The van der Waals surface area contributed by atoms with Crippen LogP contribution >= 0.6 is 0 Å². The highest BCUT2D eigenvalue weighted by Gasteiger charge is 2.21. The molecule has 1 fully saturated rings. The Morgan fingerprint density at radius 2 is 2.00 bits per heavy atom. The maximum atomic E-state index is 11.3. The molecule has 0 bridgehead atoms. The molecular formula is C12H13NO. The minimum absolute atomic E-state index is 0.0105. The molecule has 14 heavy (non-hydrogen) atoms. The number of amides is 1. The Morgan fingerprint density at radius 3 is 2.64 bits per heavy atom. The SMILES string of the molecule is O=C(/C=C\c1ccccc1)NC1CC1. The van der Waals surface area contributed by atoms with Gasteiger partial charge in [0.2, 0.25) is 5.91 Å². The summed E-state index contributed by atoms with van der Waals surface area (Å²) in [5, 5.41) is 2.90. The van der Waals surface area contributed by atoms with Crippen molar-refractivity contribution in [3.8, 4) is 0 Å². The molecular weight excluding hydrogens is 174 g/mol. The first-order valence-electron chi connectivity index (χ1n) is 4.88. The molecule has 72 valence electrons. The van der Waals surface area contributed by atoms with Gasteiger partial charge < -0.3 is 5.32 Å². The van der Waals surface area contributed by atoms with E-state index in [-0.39, 0.29) is 5.91 Å². The molecule has 0 saturated heterocycles. The minimum atomic E-state index is 0.0105. The van der Waals surface area contributed by atoms with Gasteiger partial charge in [-0.1, -0.05) is 30.3 Å². The second-order valence-corrected chi connectivity index (χ2v) is 3.53. The first-order valence-corrected chi connectivity index (χ1v) is 4.88. The van der Waals surface area contributed by atoms with Crippen molar-refractivity contribution >= 4 is 12.0 Å². The van der Waals surface area contributed by atoms with Gasteiger partial charge in [0.25, 0.3) is 0 Å². The Balaban J connectivity index is 1.89. The van der Waals surface area contributed by atoms with Crippen LogP contribution in [0.15, 0.2) is 36.4 Å². The topological polar surface area (TPSA) is 29.1 Å². The molecule has 1 aromatic rings. The van der Waals surface area contributed by atoms with Gasteiger partial charge in [0, 0.05) is 12.1 Å². The van der Waals surface area contributed by atoms with E-state index < -0.39 is 0 Å². The van der Waals surface area contributed by atoms with Gasteiger partial charge in [0.05, 0.1) is 0 Å². The van der Waals surface area contributed by atoms with Gasteiger partial charge in [-0.15, -0.1) is 0 Å². The largest absolute Gasteiger partial charge is 0.350 e. The molecule has 0 aromatic heterocycles. The van der Waals surface area contributed by atoms with E-state index in [1.54, 1.807) is 6.08 Å². The zero-order valence-corrected chi connectivity index (χ0v) is 7.94.